The van der Waals surface area contributed by atoms with Crippen molar-refractivity contribution in [1.82, 2.24) is 4.90 Å². The van der Waals surface area contributed by atoms with Gasteiger partial charge < -0.3 is 20.2 Å². The Balaban J connectivity index is 1.74. The van der Waals surface area contributed by atoms with Crippen LogP contribution in [0.3, 0.4) is 0 Å². The minimum atomic E-state index is -1.61. The maximum Gasteiger partial charge on any atom is 0.336 e. The lowest BCUT2D eigenvalue weighted by Crippen LogP contribution is -2.32. The molecule has 0 aliphatic carbocycles. The minimum absolute atomic E-state index is 0.102. The van der Waals surface area contributed by atoms with E-state index in [4.69, 9.17) is 0 Å². The average Bonchev–Trinajstić information content (AvgIpc) is 2.93. The number of carbonyl (C=O) groups excluding carboxylic acids is 1. The van der Waals surface area contributed by atoms with E-state index in [9.17, 15) is 34.5 Å². The van der Waals surface area contributed by atoms with Crippen molar-refractivity contribution in [2.24, 2.45) is 0 Å². The fraction of sp³-hybridized carbons (Fsp3) is 0.0667. The summed E-state index contributed by atoms with van der Waals surface area (Å²) in [5.74, 6) is -5.47. The summed E-state index contributed by atoms with van der Waals surface area (Å²) >= 11 is 0. The molecule has 0 aromatic heterocycles. The Morgan fingerprint density at radius 3 is 1.39 bits per heavy atom. The molecular weight excluding hydrogens is 486 g/mol. The predicted molar refractivity (Wildman–Crippen MR) is 139 cm³/mol. The van der Waals surface area contributed by atoms with Crippen molar-refractivity contribution in [3.63, 3.8) is 0 Å². The van der Waals surface area contributed by atoms with Crippen LogP contribution < -0.4 is 0 Å². The van der Waals surface area contributed by atoms with E-state index in [1.807, 2.05) is 72.8 Å². The Bertz CT molecular complexity index is 1500. The van der Waals surface area contributed by atoms with Gasteiger partial charge in [0, 0.05) is 13.1 Å². The third-order valence-corrected chi connectivity index (χ3v) is 6.02. The maximum absolute atomic E-state index is 13.7. The second-order valence-electron chi connectivity index (χ2n) is 8.57. The first-order valence-corrected chi connectivity index (χ1v) is 11.6. The Labute approximate surface area is 218 Å². The van der Waals surface area contributed by atoms with Crippen LogP contribution >= 0.6 is 0 Å². The molecule has 0 unspecified atom stereocenters. The number of carboxylic acid groups (broad SMARTS) is 3. The van der Waals surface area contributed by atoms with Gasteiger partial charge in [0.15, 0.2) is 0 Å². The van der Waals surface area contributed by atoms with Crippen molar-refractivity contribution in [3.8, 4) is 11.1 Å². The van der Waals surface area contributed by atoms with Crippen molar-refractivity contribution in [3.05, 3.63) is 130 Å². The smallest absolute Gasteiger partial charge is 0.336 e. The molecule has 0 aliphatic heterocycles. The monoisotopic (exact) mass is 509 g/mol. The molecule has 0 atom stereocenters. The second kappa shape index (κ2) is 11.2. The van der Waals surface area contributed by atoms with E-state index in [-0.39, 0.29) is 13.1 Å². The first-order valence-electron chi connectivity index (χ1n) is 11.6. The third kappa shape index (κ3) is 5.76. The lowest BCUT2D eigenvalue weighted by atomic mass is 9.96. The average molecular weight is 510 g/mol. The van der Waals surface area contributed by atoms with E-state index in [1.54, 1.807) is 12.1 Å². The van der Waals surface area contributed by atoms with Crippen LogP contribution in [-0.4, -0.2) is 44.0 Å². The SMILES string of the molecule is O=C(O)c1cc(C(=O)O)c(C(=O)N(Cc2ccccc2)Cc2ccc(-c3ccccc3)cc2)cc1C(=O)O. The Morgan fingerprint density at radius 2 is 0.895 bits per heavy atom. The standard InChI is InChI=1S/C30H23NO7/c32-27(23-15-25(29(35)36)26(30(37)38)16-24(23)28(33)34)31(17-19-7-3-1-4-8-19)18-20-11-13-22(14-12-20)21-9-5-2-6-10-21/h1-16H,17-18H2,(H,33,34)(H,35,36)(H,37,38). The van der Waals surface area contributed by atoms with Gasteiger partial charge in [-0.15, -0.1) is 0 Å². The molecule has 3 N–H and O–H groups in total. The van der Waals surface area contributed by atoms with Crippen LogP contribution in [0.4, 0.5) is 0 Å². The zero-order chi connectivity index (χ0) is 27.2. The van der Waals surface area contributed by atoms with Crippen molar-refractivity contribution >= 4 is 23.8 Å². The Hall–Kier alpha value is -5.24. The number of amides is 1. The van der Waals surface area contributed by atoms with Crippen molar-refractivity contribution < 1.29 is 34.5 Å². The molecule has 0 heterocycles. The third-order valence-electron chi connectivity index (χ3n) is 6.02. The summed E-state index contributed by atoms with van der Waals surface area (Å²) in [5.41, 5.74) is 1.19. The highest BCUT2D eigenvalue weighted by Gasteiger charge is 2.28. The van der Waals surface area contributed by atoms with Gasteiger partial charge in [0.05, 0.1) is 22.3 Å². The van der Waals surface area contributed by atoms with E-state index in [1.165, 1.54) is 4.90 Å². The van der Waals surface area contributed by atoms with Gasteiger partial charge in [0.2, 0.25) is 0 Å². The van der Waals surface area contributed by atoms with Crippen molar-refractivity contribution in [1.29, 1.82) is 0 Å². The largest absolute Gasteiger partial charge is 0.478 e. The molecule has 38 heavy (non-hydrogen) atoms. The number of carboxylic acids is 3. The van der Waals surface area contributed by atoms with Crippen LogP contribution in [0.25, 0.3) is 11.1 Å². The summed E-state index contributed by atoms with van der Waals surface area (Å²) in [6, 6.07) is 27.9. The van der Waals surface area contributed by atoms with Gasteiger partial charge in [0.1, 0.15) is 0 Å². The molecule has 8 nitrogen and oxygen atoms in total. The van der Waals surface area contributed by atoms with Gasteiger partial charge in [0.25, 0.3) is 5.91 Å². The number of aromatic carboxylic acids is 3. The van der Waals surface area contributed by atoms with Crippen LogP contribution in [0, 0.1) is 0 Å². The van der Waals surface area contributed by atoms with Crippen LogP contribution in [0.2, 0.25) is 0 Å². The molecule has 190 valence electrons. The minimum Gasteiger partial charge on any atom is -0.478 e. The molecule has 0 fully saturated rings. The van der Waals surface area contributed by atoms with Crippen LogP contribution in [-0.2, 0) is 13.1 Å². The summed E-state index contributed by atoms with van der Waals surface area (Å²) in [4.78, 5) is 50.5. The Kier molecular flexibility index (Phi) is 7.63. The number of hydrogen-bond acceptors (Lipinski definition) is 4. The summed E-state index contributed by atoms with van der Waals surface area (Å²) in [7, 11) is 0. The molecular formula is C30H23NO7. The summed E-state index contributed by atoms with van der Waals surface area (Å²) in [5, 5.41) is 28.7. The molecule has 0 bridgehead atoms. The lowest BCUT2D eigenvalue weighted by Gasteiger charge is -2.24. The van der Waals surface area contributed by atoms with Crippen LogP contribution in [0.1, 0.15) is 52.6 Å². The zero-order valence-electron chi connectivity index (χ0n) is 20.1. The normalized spacial score (nSPS) is 10.5. The molecule has 0 spiro atoms. The van der Waals surface area contributed by atoms with Gasteiger partial charge in [-0.3, -0.25) is 4.79 Å². The number of benzene rings is 4. The summed E-state index contributed by atoms with van der Waals surface area (Å²) in [6.07, 6.45) is 0. The van der Waals surface area contributed by atoms with E-state index < -0.39 is 46.1 Å². The van der Waals surface area contributed by atoms with Crippen LogP contribution in [0.15, 0.2) is 97.1 Å². The van der Waals surface area contributed by atoms with Gasteiger partial charge in [-0.05, 0) is 34.4 Å². The number of rotatable bonds is 9. The maximum atomic E-state index is 13.7. The number of nitrogens with zero attached hydrogens (tertiary/aromatic N) is 1. The number of carbonyl (C=O) groups is 4. The highest BCUT2D eigenvalue weighted by Crippen LogP contribution is 2.24. The summed E-state index contributed by atoms with van der Waals surface area (Å²) in [6.45, 7) is 0.215. The van der Waals surface area contributed by atoms with E-state index >= 15 is 0 Å². The number of hydrogen-bond donors (Lipinski definition) is 3. The highest BCUT2D eigenvalue weighted by atomic mass is 16.4. The molecule has 0 aliphatic rings. The predicted octanol–water partition coefficient (Wildman–Crippen LogP) is 5.29. The van der Waals surface area contributed by atoms with E-state index in [0.29, 0.717) is 0 Å². The topological polar surface area (TPSA) is 132 Å². The van der Waals surface area contributed by atoms with Gasteiger partial charge in [-0.25, -0.2) is 14.4 Å². The molecule has 1 amide bonds. The molecule has 4 aromatic rings. The van der Waals surface area contributed by atoms with Gasteiger partial charge >= 0.3 is 17.9 Å². The molecule has 0 saturated carbocycles. The molecule has 4 rings (SSSR count). The second-order valence-corrected chi connectivity index (χ2v) is 8.57. The highest BCUT2D eigenvalue weighted by molar-refractivity contribution is 6.10. The Morgan fingerprint density at radius 1 is 0.500 bits per heavy atom. The van der Waals surface area contributed by atoms with E-state index in [0.717, 1.165) is 34.4 Å². The molecule has 4 aromatic carbocycles. The molecule has 0 saturated heterocycles. The zero-order valence-corrected chi connectivity index (χ0v) is 20.1. The van der Waals surface area contributed by atoms with E-state index in [2.05, 4.69) is 0 Å². The molecule has 8 heteroatoms. The first-order chi connectivity index (χ1) is 18.2. The first kappa shape index (κ1) is 25.8. The van der Waals surface area contributed by atoms with Crippen molar-refractivity contribution in [2.45, 2.75) is 13.1 Å². The van der Waals surface area contributed by atoms with Crippen LogP contribution in [0.5, 0.6) is 0 Å². The van der Waals surface area contributed by atoms with Gasteiger partial charge in [-0.2, -0.15) is 0 Å². The quantitative estimate of drug-likeness (QED) is 0.279. The fourth-order valence-electron chi connectivity index (χ4n) is 4.13. The fourth-order valence-corrected chi connectivity index (χ4v) is 4.13. The summed E-state index contributed by atoms with van der Waals surface area (Å²) < 4.78 is 0. The van der Waals surface area contributed by atoms with Crippen molar-refractivity contribution in [2.75, 3.05) is 0 Å². The molecule has 0 radical (unpaired) electrons. The lowest BCUT2D eigenvalue weighted by molar-refractivity contribution is 0.0643. The van der Waals surface area contributed by atoms with Gasteiger partial charge in [-0.1, -0.05) is 84.9 Å².